The number of hydrogen-bond acceptors (Lipinski definition) is 6. The number of carbonyl (C=O) groups is 1. The van der Waals surface area contributed by atoms with E-state index >= 15 is 0 Å². The van der Waals surface area contributed by atoms with Gasteiger partial charge in [0.1, 0.15) is 5.56 Å². The Hall–Kier alpha value is -4.82. The van der Waals surface area contributed by atoms with E-state index in [1.54, 1.807) is 36.4 Å². The molecule has 1 aliphatic heterocycles. The third-order valence-corrected chi connectivity index (χ3v) is 9.30. The summed E-state index contributed by atoms with van der Waals surface area (Å²) in [7, 11) is 0. The van der Waals surface area contributed by atoms with Crippen LogP contribution in [0.25, 0.3) is 11.1 Å². The highest BCUT2D eigenvalue weighted by Gasteiger charge is 2.33. The normalized spacial score (nSPS) is 17.4. The van der Waals surface area contributed by atoms with Gasteiger partial charge in [-0.3, -0.25) is 4.79 Å². The molecule has 1 amide bonds. The van der Waals surface area contributed by atoms with Gasteiger partial charge in [0.15, 0.2) is 35.8 Å². The fourth-order valence-corrected chi connectivity index (χ4v) is 6.43. The van der Waals surface area contributed by atoms with Crippen molar-refractivity contribution in [2.75, 3.05) is 5.75 Å². The maximum absolute atomic E-state index is 14.1. The molecule has 0 spiro atoms. The van der Waals surface area contributed by atoms with Crippen LogP contribution in [0.4, 0.5) is 22.0 Å². The molecule has 0 saturated carbocycles. The number of nitrogens with zero attached hydrogens (tertiary/aromatic N) is 1. The van der Waals surface area contributed by atoms with E-state index in [0.29, 0.717) is 22.8 Å². The number of carbonyl (C=O) groups excluding carboxylic acids is 1. The molecule has 0 unspecified atom stereocenters. The van der Waals surface area contributed by atoms with Gasteiger partial charge in [0.25, 0.3) is 10.9 Å². The van der Waals surface area contributed by atoms with E-state index in [9.17, 15) is 37.1 Å². The predicted molar refractivity (Wildman–Crippen MR) is 174 cm³/mol. The number of hydrogen-bond donors (Lipinski definition) is 2. The number of rotatable bonds is 10. The van der Waals surface area contributed by atoms with Crippen LogP contribution >= 0.6 is 11.8 Å². The molecule has 2 N–H and O–H groups in total. The summed E-state index contributed by atoms with van der Waals surface area (Å²) in [6, 6.07) is 27.0. The Morgan fingerprint density at radius 1 is 0.800 bits per heavy atom. The Labute approximate surface area is 287 Å². The number of aliphatic hydroxyl groups excluding tert-OH is 1. The zero-order valence-electron chi connectivity index (χ0n) is 26.1. The van der Waals surface area contributed by atoms with Gasteiger partial charge in [-0.05, 0) is 39.9 Å². The first kappa shape index (κ1) is 35.0. The van der Waals surface area contributed by atoms with E-state index in [0.717, 1.165) is 32.5 Å². The van der Waals surface area contributed by atoms with Crippen molar-refractivity contribution >= 4 is 17.7 Å². The first-order valence-electron chi connectivity index (χ1n) is 15.4. The number of aliphatic hydroxyl groups is 1. The third-order valence-electron chi connectivity index (χ3n) is 8.15. The lowest BCUT2D eigenvalue weighted by Gasteiger charge is -2.36. The molecule has 0 aliphatic carbocycles. The zero-order valence-corrected chi connectivity index (χ0v) is 26.9. The number of aromatic nitrogens is 1. The predicted octanol–water partition coefficient (Wildman–Crippen LogP) is 7.44. The topological polar surface area (TPSA) is 94.7 Å². The first-order chi connectivity index (χ1) is 24.1. The average molecular weight is 709 g/mol. The van der Waals surface area contributed by atoms with E-state index in [-0.39, 0.29) is 25.4 Å². The number of nitrogens with one attached hydrogen (secondary N) is 1. The van der Waals surface area contributed by atoms with Gasteiger partial charge < -0.3 is 25.1 Å². The molecule has 6 rings (SSSR count). The lowest BCUT2D eigenvalue weighted by atomic mass is 9.99. The zero-order chi connectivity index (χ0) is 35.4. The summed E-state index contributed by atoms with van der Waals surface area (Å²) >= 11 is 1.39. The van der Waals surface area contributed by atoms with Crippen molar-refractivity contribution < 1.29 is 46.1 Å². The molecule has 13 heteroatoms. The molecule has 50 heavy (non-hydrogen) atoms. The second-order valence-corrected chi connectivity index (χ2v) is 12.5. The van der Waals surface area contributed by atoms with Crippen LogP contribution in [0.3, 0.4) is 0 Å². The Morgan fingerprint density at radius 2 is 1.48 bits per heavy atom. The number of amides is 1. The van der Waals surface area contributed by atoms with Crippen molar-refractivity contribution in [2.45, 2.75) is 43.1 Å². The number of pyridine rings is 1. The lowest BCUT2D eigenvalue weighted by molar-refractivity contribution is -0.645. The van der Waals surface area contributed by atoms with Crippen LogP contribution in [0, 0.1) is 34.3 Å². The minimum atomic E-state index is -2.34. The molecule has 3 atom stereocenters. The van der Waals surface area contributed by atoms with Gasteiger partial charge in [0.05, 0.1) is 18.8 Å². The van der Waals surface area contributed by atoms with Gasteiger partial charge in [-0.1, -0.05) is 78.5 Å². The second kappa shape index (κ2) is 15.4. The molecular weight excluding hydrogens is 679 g/mol. The molecule has 1 fully saturated rings. The van der Waals surface area contributed by atoms with Crippen LogP contribution in [-0.4, -0.2) is 22.9 Å². The Kier molecular flexibility index (Phi) is 10.8. The van der Waals surface area contributed by atoms with Crippen LogP contribution in [0.5, 0.6) is 0 Å². The van der Waals surface area contributed by atoms with Crippen molar-refractivity contribution in [1.29, 1.82) is 0 Å². The monoisotopic (exact) mass is 708 g/mol. The van der Waals surface area contributed by atoms with E-state index in [1.165, 1.54) is 18.0 Å². The van der Waals surface area contributed by atoms with Crippen LogP contribution in [-0.2, 0) is 22.6 Å². The number of thioether (sulfide) groups is 1. The largest absolute Gasteiger partial charge is 0.618 e. The number of benzene rings is 4. The van der Waals surface area contributed by atoms with Gasteiger partial charge in [-0.2, -0.15) is 4.73 Å². The van der Waals surface area contributed by atoms with Crippen LogP contribution in [0.2, 0.25) is 0 Å². The third kappa shape index (κ3) is 7.65. The number of halogens is 5. The molecule has 4 aromatic carbocycles. The fourth-order valence-electron chi connectivity index (χ4n) is 5.49. The summed E-state index contributed by atoms with van der Waals surface area (Å²) in [5, 5.41) is 24.4. The quantitative estimate of drug-likeness (QED) is 0.0391. The van der Waals surface area contributed by atoms with E-state index in [2.05, 4.69) is 5.32 Å². The van der Waals surface area contributed by atoms with Gasteiger partial charge in [0.2, 0.25) is 5.82 Å². The number of ether oxygens (including phenoxy) is 2. The van der Waals surface area contributed by atoms with Crippen molar-refractivity contribution in [2.24, 2.45) is 0 Å². The summed E-state index contributed by atoms with van der Waals surface area (Å²) in [6.07, 6.45) is 0.663. The summed E-state index contributed by atoms with van der Waals surface area (Å²) < 4.78 is 82.3. The molecule has 5 aromatic rings. The van der Waals surface area contributed by atoms with Gasteiger partial charge in [0, 0.05) is 36.4 Å². The molecular formula is C37H29F5N2O5S. The van der Waals surface area contributed by atoms with Gasteiger partial charge in [-0.25, -0.2) is 22.0 Å². The maximum Gasteiger partial charge on any atom is 0.257 e. The van der Waals surface area contributed by atoms with Crippen LogP contribution < -0.4 is 10.0 Å². The van der Waals surface area contributed by atoms with Crippen LogP contribution in [0.15, 0.2) is 102 Å². The molecule has 1 aliphatic rings. The lowest BCUT2D eigenvalue weighted by Crippen LogP contribution is -2.32. The Bertz CT molecular complexity index is 1970. The second-order valence-electron chi connectivity index (χ2n) is 11.5. The van der Waals surface area contributed by atoms with E-state index < -0.39 is 46.8 Å². The molecule has 7 nitrogen and oxygen atoms in total. The van der Waals surface area contributed by atoms with Crippen molar-refractivity contribution in [3.05, 3.63) is 159 Å². The Morgan fingerprint density at radius 3 is 2.16 bits per heavy atom. The summed E-state index contributed by atoms with van der Waals surface area (Å²) in [5.74, 6) is -12.1. The Balaban J connectivity index is 1.16. The molecule has 2 heterocycles. The minimum absolute atomic E-state index is 0.0780. The van der Waals surface area contributed by atoms with Crippen molar-refractivity contribution in [1.82, 2.24) is 5.32 Å². The molecule has 258 valence electrons. The van der Waals surface area contributed by atoms with Gasteiger partial charge in [-0.15, -0.1) is 0 Å². The van der Waals surface area contributed by atoms with Crippen molar-refractivity contribution in [3.63, 3.8) is 0 Å². The highest BCUT2D eigenvalue weighted by atomic mass is 32.2. The van der Waals surface area contributed by atoms with Crippen LogP contribution in [0.1, 0.15) is 51.4 Å². The standard InChI is InChI=1S/C37H29F5N2O5S/c38-31-30(32(39)34(41)35(42)33(31)40)36(46)43-18-22-4-3-5-26(16-22)23-11-13-25(14-12-23)37-48-27(20-50-29-6-1-2-15-44(29)47)17-28(49-37)24-9-7-21(19-45)8-10-24/h1-16,27-28,37,45H,17-20H2,(H,43,46)/t27-,28+,37+/m0/s1. The smallest absolute Gasteiger partial charge is 0.257 e. The molecule has 0 bridgehead atoms. The minimum Gasteiger partial charge on any atom is -0.618 e. The summed E-state index contributed by atoms with van der Waals surface area (Å²) in [5.41, 5.74) is 2.91. The van der Waals surface area contributed by atoms with Crippen molar-refractivity contribution in [3.8, 4) is 11.1 Å². The maximum atomic E-state index is 14.1. The summed E-state index contributed by atoms with van der Waals surface area (Å²) in [6.45, 7) is -0.325. The molecule has 1 aromatic heterocycles. The molecule has 1 saturated heterocycles. The SMILES string of the molecule is O=C(NCc1cccc(-c2ccc([C@@H]3O[C@H](CSc4cccc[n+]4[O-])C[C@H](c4ccc(CO)cc4)O3)cc2)c1)c1c(F)c(F)c(F)c(F)c1F. The average Bonchev–Trinajstić information content (AvgIpc) is 3.15. The highest BCUT2D eigenvalue weighted by Crippen LogP contribution is 2.39. The van der Waals surface area contributed by atoms with E-state index in [1.807, 2.05) is 54.6 Å². The summed E-state index contributed by atoms with van der Waals surface area (Å²) in [4.78, 5) is 12.4. The fraction of sp³-hybridized carbons (Fsp3) is 0.189. The van der Waals surface area contributed by atoms with Gasteiger partial charge >= 0.3 is 0 Å². The van der Waals surface area contributed by atoms with E-state index in [4.69, 9.17) is 9.47 Å². The first-order valence-corrected chi connectivity index (χ1v) is 16.4. The molecule has 0 radical (unpaired) electrons. The highest BCUT2D eigenvalue weighted by molar-refractivity contribution is 7.99.